The molecule has 0 rings (SSSR count). The lowest BCUT2D eigenvalue weighted by molar-refractivity contribution is -0.870. The SMILES string of the molecule is CCCCCC/C=C\C/C=C\CCCCCCCCCC(=O)NC(COP(=O)([O-])OCC[N+](C)(C)C)C(O)/C=C/CC/C=C/CC/C=C/CCCCCCC. The molecule has 0 fully saturated rings. The molecule has 1 amide bonds. The lowest BCUT2D eigenvalue weighted by Crippen LogP contribution is -2.45. The summed E-state index contributed by atoms with van der Waals surface area (Å²) in [5, 5.41) is 13.7. The number of hydrogen-bond donors (Lipinski definition) is 2. The molecule has 3 unspecified atom stereocenters. The van der Waals surface area contributed by atoms with E-state index in [4.69, 9.17) is 9.05 Å². The molecule has 320 valence electrons. The zero-order chi connectivity index (χ0) is 40.7. The molecule has 0 aliphatic heterocycles. The molecule has 0 saturated carbocycles. The van der Waals surface area contributed by atoms with Crippen LogP contribution in [-0.4, -0.2) is 68.5 Å². The Morgan fingerprint density at radius 3 is 1.60 bits per heavy atom. The smallest absolute Gasteiger partial charge is 0.268 e. The van der Waals surface area contributed by atoms with Crippen molar-refractivity contribution in [1.29, 1.82) is 0 Å². The van der Waals surface area contributed by atoms with Crippen LogP contribution in [0, 0.1) is 0 Å². The highest BCUT2D eigenvalue weighted by molar-refractivity contribution is 7.45. The van der Waals surface area contributed by atoms with Crippen LogP contribution in [0.15, 0.2) is 60.8 Å². The van der Waals surface area contributed by atoms with Crippen molar-refractivity contribution in [1.82, 2.24) is 5.32 Å². The van der Waals surface area contributed by atoms with Crippen molar-refractivity contribution in [3.05, 3.63) is 60.8 Å². The number of allylic oxidation sites excluding steroid dienone is 9. The summed E-state index contributed by atoms with van der Waals surface area (Å²) in [6.45, 7) is 4.56. The van der Waals surface area contributed by atoms with Crippen LogP contribution in [0.1, 0.15) is 174 Å². The predicted octanol–water partition coefficient (Wildman–Crippen LogP) is 11.6. The number of carbonyl (C=O) groups is 1. The van der Waals surface area contributed by atoms with E-state index in [9.17, 15) is 19.4 Å². The number of likely N-dealkylation sites (N-methyl/N-ethyl adjacent to an activating group) is 1. The van der Waals surface area contributed by atoms with Crippen LogP contribution < -0.4 is 10.2 Å². The fourth-order valence-corrected chi connectivity index (χ4v) is 6.58. The minimum Gasteiger partial charge on any atom is -0.756 e. The highest BCUT2D eigenvalue weighted by Gasteiger charge is 2.23. The molecule has 55 heavy (non-hydrogen) atoms. The van der Waals surface area contributed by atoms with E-state index < -0.39 is 26.6 Å². The van der Waals surface area contributed by atoms with Crippen LogP contribution >= 0.6 is 7.82 Å². The summed E-state index contributed by atoms with van der Waals surface area (Å²) in [6, 6.07) is -0.914. The summed E-state index contributed by atoms with van der Waals surface area (Å²) in [4.78, 5) is 25.3. The topological polar surface area (TPSA) is 108 Å². The summed E-state index contributed by atoms with van der Waals surface area (Å²) in [7, 11) is 1.22. The average molecular weight is 793 g/mol. The van der Waals surface area contributed by atoms with Crippen LogP contribution in [0.4, 0.5) is 0 Å². The van der Waals surface area contributed by atoms with Gasteiger partial charge in [0.15, 0.2) is 0 Å². The maximum Gasteiger partial charge on any atom is 0.268 e. The van der Waals surface area contributed by atoms with Crippen LogP contribution in [0.3, 0.4) is 0 Å². The van der Waals surface area contributed by atoms with Crippen LogP contribution in [-0.2, 0) is 18.4 Å². The van der Waals surface area contributed by atoms with Crippen molar-refractivity contribution in [3.8, 4) is 0 Å². The van der Waals surface area contributed by atoms with Gasteiger partial charge in [0.25, 0.3) is 7.82 Å². The predicted molar refractivity (Wildman–Crippen MR) is 233 cm³/mol. The van der Waals surface area contributed by atoms with Gasteiger partial charge in [0.2, 0.25) is 5.91 Å². The van der Waals surface area contributed by atoms with Crippen molar-refractivity contribution in [2.24, 2.45) is 0 Å². The number of nitrogens with one attached hydrogen (secondary N) is 1. The molecule has 2 N–H and O–H groups in total. The van der Waals surface area contributed by atoms with Crippen LogP contribution in [0.2, 0.25) is 0 Å². The number of aliphatic hydroxyl groups is 1. The number of amides is 1. The number of quaternary nitrogens is 1. The first-order valence-electron chi connectivity index (χ1n) is 22.2. The fraction of sp³-hybridized carbons (Fsp3) is 0.761. The zero-order valence-electron chi connectivity index (χ0n) is 36.1. The number of carbonyl (C=O) groups excluding carboxylic acids is 1. The normalized spacial score (nSPS) is 15.0. The van der Waals surface area contributed by atoms with Crippen molar-refractivity contribution >= 4 is 13.7 Å². The Bertz CT molecular complexity index is 1080. The molecule has 0 saturated heterocycles. The molecule has 0 radical (unpaired) electrons. The Balaban J connectivity index is 4.52. The quantitative estimate of drug-likeness (QED) is 0.0278. The number of nitrogens with zero attached hydrogens (tertiary/aromatic N) is 1. The highest BCUT2D eigenvalue weighted by Crippen LogP contribution is 2.38. The summed E-state index contributed by atoms with van der Waals surface area (Å²) < 4.78 is 23.2. The highest BCUT2D eigenvalue weighted by atomic mass is 31.2. The van der Waals surface area contributed by atoms with Gasteiger partial charge in [-0.3, -0.25) is 9.36 Å². The summed E-state index contributed by atoms with van der Waals surface area (Å²) in [6.07, 6.45) is 48.3. The van der Waals surface area contributed by atoms with Crippen molar-refractivity contribution in [3.63, 3.8) is 0 Å². The largest absolute Gasteiger partial charge is 0.756 e. The van der Waals surface area contributed by atoms with E-state index in [-0.39, 0.29) is 12.5 Å². The monoisotopic (exact) mass is 793 g/mol. The molecular formula is C46H85N2O6P. The second-order valence-corrected chi connectivity index (χ2v) is 17.4. The number of unbranched alkanes of at least 4 members (excludes halogenated alkanes) is 18. The molecule has 0 aliphatic rings. The van der Waals surface area contributed by atoms with Crippen molar-refractivity contribution in [2.75, 3.05) is 40.9 Å². The number of phosphoric ester groups is 1. The average Bonchev–Trinajstić information content (AvgIpc) is 3.13. The van der Waals surface area contributed by atoms with E-state index in [0.717, 1.165) is 64.2 Å². The van der Waals surface area contributed by atoms with Gasteiger partial charge in [0.05, 0.1) is 39.9 Å². The van der Waals surface area contributed by atoms with Gasteiger partial charge < -0.3 is 28.8 Å². The number of aliphatic hydroxyl groups excluding tert-OH is 1. The third-order valence-corrected chi connectivity index (χ3v) is 10.4. The zero-order valence-corrected chi connectivity index (χ0v) is 37.0. The molecular weight excluding hydrogens is 707 g/mol. The van der Waals surface area contributed by atoms with Gasteiger partial charge in [-0.2, -0.15) is 0 Å². The first-order valence-corrected chi connectivity index (χ1v) is 23.6. The fourth-order valence-electron chi connectivity index (χ4n) is 5.86. The molecule has 8 nitrogen and oxygen atoms in total. The van der Waals surface area contributed by atoms with Gasteiger partial charge in [-0.05, 0) is 77.0 Å². The summed E-state index contributed by atoms with van der Waals surface area (Å²) in [5.74, 6) is -0.223. The molecule has 9 heteroatoms. The molecule has 0 heterocycles. The molecule has 0 aromatic rings. The minimum atomic E-state index is -4.60. The molecule has 0 aromatic heterocycles. The molecule has 0 aliphatic carbocycles. The van der Waals surface area contributed by atoms with E-state index in [1.807, 2.05) is 27.2 Å². The number of phosphoric acid groups is 1. The van der Waals surface area contributed by atoms with Gasteiger partial charge in [0.1, 0.15) is 13.2 Å². The Hall–Kier alpha value is -1.80. The second-order valence-electron chi connectivity index (χ2n) is 16.0. The molecule has 3 atom stereocenters. The third kappa shape index (κ3) is 40.2. The lowest BCUT2D eigenvalue weighted by Gasteiger charge is -2.29. The first kappa shape index (κ1) is 53.2. The van der Waals surface area contributed by atoms with Crippen molar-refractivity contribution < 1.29 is 32.9 Å². The Morgan fingerprint density at radius 2 is 1.07 bits per heavy atom. The Morgan fingerprint density at radius 1 is 0.636 bits per heavy atom. The van der Waals surface area contributed by atoms with Crippen LogP contribution in [0.5, 0.6) is 0 Å². The van der Waals surface area contributed by atoms with Crippen LogP contribution in [0.25, 0.3) is 0 Å². The van der Waals surface area contributed by atoms with E-state index in [1.165, 1.54) is 89.9 Å². The summed E-state index contributed by atoms with van der Waals surface area (Å²) >= 11 is 0. The maximum atomic E-state index is 12.8. The standard InChI is InChI=1S/C46H85N2O6P/c1-6-8-10-12-14-16-18-20-22-23-24-26-28-30-32-34-36-38-40-46(50)47-44(43-54-55(51,52)53-42-41-48(3,4)5)45(49)39-37-35-33-31-29-27-25-21-19-17-15-13-11-9-7-2/h16,18-19,21-23,29,31,37,39,44-45,49H,6-15,17,20,24-28,30,32-36,38,40-43H2,1-5H3,(H-,47,50,51,52)/b18-16-,21-19+,23-22-,31-29+,39-37+. The first-order chi connectivity index (χ1) is 26.5. The van der Waals surface area contributed by atoms with Crippen molar-refractivity contribution in [2.45, 2.75) is 187 Å². The molecule has 0 bridgehead atoms. The minimum absolute atomic E-state index is 0.0130. The Labute approximate surface area is 339 Å². The van der Waals surface area contributed by atoms with Gasteiger partial charge >= 0.3 is 0 Å². The summed E-state index contributed by atoms with van der Waals surface area (Å²) in [5.41, 5.74) is 0. The Kier molecular flexibility index (Phi) is 36.5. The number of rotatable bonds is 39. The van der Waals surface area contributed by atoms with Gasteiger partial charge in [0, 0.05) is 6.42 Å². The van der Waals surface area contributed by atoms with Gasteiger partial charge in [-0.1, -0.05) is 152 Å². The molecule has 0 aromatic carbocycles. The van der Waals surface area contributed by atoms with E-state index in [2.05, 4.69) is 67.8 Å². The lowest BCUT2D eigenvalue weighted by atomic mass is 10.1. The van der Waals surface area contributed by atoms with E-state index >= 15 is 0 Å². The second kappa shape index (κ2) is 37.8. The van der Waals surface area contributed by atoms with Gasteiger partial charge in [-0.15, -0.1) is 0 Å². The van der Waals surface area contributed by atoms with E-state index in [1.54, 1.807) is 6.08 Å². The maximum absolute atomic E-state index is 12.8. The number of hydrogen-bond acceptors (Lipinski definition) is 6. The molecule has 0 spiro atoms. The third-order valence-electron chi connectivity index (χ3n) is 9.43. The van der Waals surface area contributed by atoms with Gasteiger partial charge in [-0.25, -0.2) is 0 Å². The van der Waals surface area contributed by atoms with E-state index in [0.29, 0.717) is 17.4 Å².